The molecular weight excluding hydrogens is 172 g/mol. The number of rotatable bonds is 2. The largest absolute Gasteiger partial charge is 0.237 e. The third-order valence-corrected chi connectivity index (χ3v) is 2.97. The lowest BCUT2D eigenvalue weighted by Crippen LogP contribution is -2.49. The Balaban J connectivity index is 2.03. The minimum Gasteiger partial charge on any atom is -0.237 e. The van der Waals surface area contributed by atoms with Gasteiger partial charge in [-0.05, 0) is 26.2 Å². The third kappa shape index (κ3) is 1.72. The lowest BCUT2D eigenvalue weighted by molar-refractivity contribution is -0.544. The fourth-order valence-electron chi connectivity index (χ4n) is 2.19. The zero-order valence-corrected chi connectivity index (χ0v) is 8.12. The van der Waals surface area contributed by atoms with E-state index in [1.54, 1.807) is 0 Å². The highest BCUT2D eigenvalue weighted by Crippen LogP contribution is 2.41. The maximum Gasteiger partial charge on any atom is 0.234 e. The van der Waals surface area contributed by atoms with Crippen molar-refractivity contribution in [1.82, 2.24) is 0 Å². The minimum absolute atomic E-state index is 0.257. The lowest BCUT2D eigenvalue weighted by atomic mass is 9.81. The zero-order chi connectivity index (χ0) is 9.31. The summed E-state index contributed by atoms with van der Waals surface area (Å²) in [7, 11) is 1.49. The van der Waals surface area contributed by atoms with Crippen molar-refractivity contribution in [2.75, 3.05) is 7.11 Å². The quantitative estimate of drug-likeness (QED) is 0.489. The van der Waals surface area contributed by atoms with Crippen LogP contribution in [0.1, 0.15) is 32.6 Å². The third-order valence-electron chi connectivity index (χ3n) is 2.97. The molecule has 4 nitrogen and oxygen atoms in total. The normalized spacial score (nSPS) is 44.8. The van der Waals surface area contributed by atoms with Gasteiger partial charge in [-0.25, -0.2) is 9.78 Å². The van der Waals surface area contributed by atoms with Crippen LogP contribution in [0.25, 0.3) is 0 Å². The molecule has 3 atom stereocenters. The van der Waals surface area contributed by atoms with Gasteiger partial charge in [-0.15, -0.1) is 0 Å². The molecule has 76 valence electrons. The summed E-state index contributed by atoms with van der Waals surface area (Å²) in [6.07, 6.45) is 4.67. The second-order valence-corrected chi connectivity index (χ2v) is 3.93. The molecule has 0 unspecified atom stereocenters. The van der Waals surface area contributed by atoms with E-state index in [-0.39, 0.29) is 6.10 Å². The Morgan fingerprint density at radius 1 is 1.38 bits per heavy atom. The van der Waals surface area contributed by atoms with Crippen LogP contribution in [0.5, 0.6) is 0 Å². The molecule has 1 saturated carbocycles. The maximum absolute atomic E-state index is 5.23. The molecular formula is C9H16O4. The molecule has 1 aliphatic heterocycles. The molecule has 13 heavy (non-hydrogen) atoms. The lowest BCUT2D eigenvalue weighted by Gasteiger charge is -2.43. The van der Waals surface area contributed by atoms with Crippen LogP contribution in [-0.4, -0.2) is 19.0 Å². The Bertz CT molecular complexity index is 184. The summed E-state index contributed by atoms with van der Waals surface area (Å²) in [5.74, 6) is -0.328. The molecule has 0 aromatic rings. The second kappa shape index (κ2) is 3.53. The molecule has 2 bridgehead atoms. The molecule has 2 rings (SSSR count). The molecule has 0 radical (unpaired) electrons. The molecule has 0 N–H and O–H groups in total. The van der Waals surface area contributed by atoms with Gasteiger partial charge < -0.3 is 0 Å². The molecule has 2 aliphatic rings. The van der Waals surface area contributed by atoms with E-state index < -0.39 is 5.79 Å². The molecule has 1 aliphatic carbocycles. The first-order valence-corrected chi connectivity index (χ1v) is 4.81. The predicted molar refractivity (Wildman–Crippen MR) is 44.4 cm³/mol. The van der Waals surface area contributed by atoms with Crippen molar-refractivity contribution in [3.05, 3.63) is 0 Å². The van der Waals surface area contributed by atoms with Crippen LogP contribution in [0.2, 0.25) is 0 Å². The monoisotopic (exact) mass is 188 g/mol. The van der Waals surface area contributed by atoms with Gasteiger partial charge >= 0.3 is 0 Å². The van der Waals surface area contributed by atoms with Crippen molar-refractivity contribution in [2.24, 2.45) is 5.92 Å². The van der Waals surface area contributed by atoms with E-state index in [2.05, 4.69) is 4.89 Å². The van der Waals surface area contributed by atoms with Gasteiger partial charge in [0.2, 0.25) is 5.79 Å². The first kappa shape index (κ1) is 9.40. The zero-order valence-electron chi connectivity index (χ0n) is 8.12. The fourth-order valence-corrected chi connectivity index (χ4v) is 2.19. The van der Waals surface area contributed by atoms with Gasteiger partial charge in [0.1, 0.15) is 0 Å². The Morgan fingerprint density at radius 2 is 2.23 bits per heavy atom. The van der Waals surface area contributed by atoms with E-state index in [4.69, 9.17) is 14.7 Å². The van der Waals surface area contributed by atoms with Crippen LogP contribution in [0, 0.1) is 5.92 Å². The van der Waals surface area contributed by atoms with Crippen molar-refractivity contribution < 1.29 is 19.6 Å². The van der Waals surface area contributed by atoms with Gasteiger partial charge in [0.05, 0.1) is 13.2 Å². The highest BCUT2D eigenvalue weighted by Gasteiger charge is 2.46. The highest BCUT2D eigenvalue weighted by molar-refractivity contribution is 4.83. The van der Waals surface area contributed by atoms with E-state index in [0.717, 1.165) is 19.3 Å². The summed E-state index contributed by atoms with van der Waals surface area (Å²) in [4.78, 5) is 20.2. The first-order chi connectivity index (χ1) is 6.24. The van der Waals surface area contributed by atoms with Crippen LogP contribution in [-0.2, 0) is 19.6 Å². The van der Waals surface area contributed by atoms with Crippen molar-refractivity contribution in [1.29, 1.82) is 0 Å². The topological polar surface area (TPSA) is 36.9 Å². The van der Waals surface area contributed by atoms with Crippen molar-refractivity contribution in [3.63, 3.8) is 0 Å². The average Bonchev–Trinajstić information content (AvgIpc) is 2.14. The molecule has 1 heterocycles. The standard InChI is InChI=1S/C9H16O4/c1-9(12-10-2)7-4-3-5-8(6-7)11-13-9/h7-8H,3-6H2,1-2H3/t7-,8+,9-/m1/s1. The van der Waals surface area contributed by atoms with Gasteiger partial charge in [-0.3, -0.25) is 0 Å². The molecule has 0 amide bonds. The SMILES string of the molecule is COO[C@]1(C)OO[C@H]2CCC[C@@H]1C2. The summed E-state index contributed by atoms with van der Waals surface area (Å²) in [5, 5.41) is 0. The summed E-state index contributed by atoms with van der Waals surface area (Å²) < 4.78 is 0. The number of hydrogen-bond donors (Lipinski definition) is 0. The van der Waals surface area contributed by atoms with Gasteiger partial charge in [0, 0.05) is 5.92 Å². The molecule has 0 spiro atoms. The van der Waals surface area contributed by atoms with E-state index in [9.17, 15) is 0 Å². The van der Waals surface area contributed by atoms with Crippen LogP contribution in [0.3, 0.4) is 0 Å². The van der Waals surface area contributed by atoms with E-state index in [1.807, 2.05) is 6.92 Å². The van der Waals surface area contributed by atoms with E-state index >= 15 is 0 Å². The number of fused-ring (bicyclic) bond motifs is 2. The van der Waals surface area contributed by atoms with Crippen LogP contribution in [0.15, 0.2) is 0 Å². The van der Waals surface area contributed by atoms with Gasteiger partial charge in [0.25, 0.3) is 0 Å². The van der Waals surface area contributed by atoms with Crippen molar-refractivity contribution >= 4 is 0 Å². The molecule has 2 fully saturated rings. The second-order valence-electron chi connectivity index (χ2n) is 3.93. The summed E-state index contributed by atoms with van der Waals surface area (Å²) in [6.45, 7) is 1.86. The van der Waals surface area contributed by atoms with Gasteiger partial charge in [-0.2, -0.15) is 9.78 Å². The minimum atomic E-state index is -0.717. The average molecular weight is 188 g/mol. The first-order valence-electron chi connectivity index (χ1n) is 4.81. The summed E-state index contributed by atoms with van der Waals surface area (Å²) in [5.41, 5.74) is 0. The molecule has 0 aromatic carbocycles. The van der Waals surface area contributed by atoms with Crippen LogP contribution >= 0.6 is 0 Å². The van der Waals surface area contributed by atoms with Crippen molar-refractivity contribution in [3.8, 4) is 0 Å². The van der Waals surface area contributed by atoms with E-state index in [0.29, 0.717) is 5.92 Å². The number of hydrogen-bond acceptors (Lipinski definition) is 4. The molecule has 0 aromatic heterocycles. The highest BCUT2D eigenvalue weighted by atomic mass is 17.3. The van der Waals surface area contributed by atoms with E-state index in [1.165, 1.54) is 13.5 Å². The fraction of sp³-hybridized carbons (Fsp3) is 1.00. The summed E-state index contributed by atoms with van der Waals surface area (Å²) >= 11 is 0. The van der Waals surface area contributed by atoms with Crippen LogP contribution < -0.4 is 0 Å². The van der Waals surface area contributed by atoms with Gasteiger partial charge in [0.15, 0.2) is 0 Å². The van der Waals surface area contributed by atoms with Gasteiger partial charge in [-0.1, -0.05) is 6.42 Å². The smallest absolute Gasteiger partial charge is 0.234 e. The Hall–Kier alpha value is -0.160. The summed E-state index contributed by atoms with van der Waals surface area (Å²) in [6, 6.07) is 0. The Labute approximate surface area is 78.0 Å². The Morgan fingerprint density at radius 3 is 3.00 bits per heavy atom. The molecule has 4 heteroatoms. The van der Waals surface area contributed by atoms with Crippen LogP contribution in [0.4, 0.5) is 0 Å². The predicted octanol–water partition coefficient (Wildman–Crippen LogP) is 1.80. The maximum atomic E-state index is 5.23. The van der Waals surface area contributed by atoms with Crippen molar-refractivity contribution in [2.45, 2.75) is 44.5 Å². The Kier molecular flexibility index (Phi) is 2.55. The molecule has 1 saturated heterocycles.